The molecule has 0 amide bonds. The lowest BCUT2D eigenvalue weighted by atomic mass is 9.96. The van der Waals surface area contributed by atoms with Crippen LogP contribution in [0.2, 0.25) is 0 Å². The predicted octanol–water partition coefficient (Wildman–Crippen LogP) is 1.36. The smallest absolute Gasteiger partial charge is 0.160 e. The standard InChI is InChI=1S/C18H22N8O/c1-7-27-8-2-13(1)15-9-16(20-11-19-15)25-3-5-26(6-4-25)18-14-10-23-24-17(14)21-12-22-18/h9-13H,1-8H2,(H,21,22,23,24). The zero-order valence-corrected chi connectivity index (χ0v) is 15.1. The first kappa shape index (κ1) is 16.4. The van der Waals surface area contributed by atoms with E-state index in [9.17, 15) is 0 Å². The van der Waals surface area contributed by atoms with Crippen LogP contribution in [0.15, 0.2) is 24.9 Å². The van der Waals surface area contributed by atoms with Crippen molar-refractivity contribution in [1.29, 1.82) is 0 Å². The van der Waals surface area contributed by atoms with Crippen LogP contribution in [-0.2, 0) is 4.74 Å². The molecule has 1 N–H and O–H groups in total. The van der Waals surface area contributed by atoms with Gasteiger partial charge in [-0.15, -0.1) is 0 Å². The number of hydrogen-bond donors (Lipinski definition) is 1. The minimum absolute atomic E-state index is 0.484. The van der Waals surface area contributed by atoms with Gasteiger partial charge in [0.25, 0.3) is 0 Å². The molecule has 2 aliphatic heterocycles. The van der Waals surface area contributed by atoms with Crippen molar-refractivity contribution in [3.8, 4) is 0 Å². The van der Waals surface area contributed by atoms with Crippen LogP contribution in [0.5, 0.6) is 0 Å². The number of aromatic nitrogens is 6. The minimum atomic E-state index is 0.484. The number of hydrogen-bond acceptors (Lipinski definition) is 8. The second kappa shape index (κ2) is 7.07. The molecule has 2 fully saturated rings. The summed E-state index contributed by atoms with van der Waals surface area (Å²) in [5.41, 5.74) is 1.92. The maximum atomic E-state index is 5.47. The second-order valence-corrected chi connectivity index (χ2v) is 6.99. The summed E-state index contributed by atoms with van der Waals surface area (Å²) in [6.45, 7) is 5.21. The van der Waals surface area contributed by atoms with Gasteiger partial charge in [0.15, 0.2) is 5.65 Å². The van der Waals surface area contributed by atoms with Crippen molar-refractivity contribution in [1.82, 2.24) is 30.1 Å². The average molecular weight is 366 g/mol. The molecule has 0 bridgehead atoms. The van der Waals surface area contributed by atoms with E-state index in [0.29, 0.717) is 5.92 Å². The first-order chi connectivity index (χ1) is 13.4. The molecular formula is C18H22N8O. The Morgan fingerprint density at radius 3 is 2.56 bits per heavy atom. The zero-order chi connectivity index (χ0) is 18.1. The fourth-order valence-electron chi connectivity index (χ4n) is 3.90. The first-order valence-electron chi connectivity index (χ1n) is 9.42. The molecule has 0 unspecified atom stereocenters. The molecule has 0 aromatic carbocycles. The molecule has 140 valence electrons. The summed E-state index contributed by atoms with van der Waals surface area (Å²) in [5.74, 6) is 2.44. The van der Waals surface area contributed by atoms with Crippen molar-refractivity contribution in [3.05, 3.63) is 30.6 Å². The Labute approximate surface area is 156 Å². The van der Waals surface area contributed by atoms with E-state index >= 15 is 0 Å². The lowest BCUT2D eigenvalue weighted by molar-refractivity contribution is 0.0845. The van der Waals surface area contributed by atoms with Crippen molar-refractivity contribution >= 4 is 22.7 Å². The topological polar surface area (TPSA) is 96.0 Å². The Hall–Kier alpha value is -2.81. The van der Waals surface area contributed by atoms with Gasteiger partial charge in [-0.05, 0) is 12.8 Å². The molecule has 0 saturated carbocycles. The average Bonchev–Trinajstić information content (AvgIpc) is 3.24. The summed E-state index contributed by atoms with van der Waals surface area (Å²) < 4.78 is 5.47. The number of ether oxygens (including phenoxy) is 1. The number of anilines is 2. The van der Waals surface area contributed by atoms with Crippen molar-refractivity contribution in [2.45, 2.75) is 18.8 Å². The molecule has 3 aromatic heterocycles. The molecule has 27 heavy (non-hydrogen) atoms. The van der Waals surface area contributed by atoms with E-state index < -0.39 is 0 Å². The van der Waals surface area contributed by atoms with Crippen LogP contribution in [0.3, 0.4) is 0 Å². The third-order valence-corrected chi connectivity index (χ3v) is 5.44. The van der Waals surface area contributed by atoms with E-state index in [1.54, 1.807) is 18.9 Å². The van der Waals surface area contributed by atoms with E-state index in [2.05, 4.69) is 46.0 Å². The number of aromatic amines is 1. The molecule has 9 heteroatoms. The summed E-state index contributed by atoms with van der Waals surface area (Å²) in [4.78, 5) is 22.4. The molecule has 0 radical (unpaired) electrons. The highest BCUT2D eigenvalue weighted by molar-refractivity contribution is 5.86. The third-order valence-electron chi connectivity index (χ3n) is 5.44. The van der Waals surface area contributed by atoms with E-state index in [1.807, 2.05) is 0 Å². The quantitative estimate of drug-likeness (QED) is 0.742. The van der Waals surface area contributed by atoms with Gasteiger partial charge in [-0.3, -0.25) is 5.10 Å². The molecule has 3 aromatic rings. The SMILES string of the molecule is c1nc(C2CCOCC2)cc(N2CCN(c3ncnc4[nH]ncc34)CC2)n1. The Kier molecular flexibility index (Phi) is 4.29. The van der Waals surface area contributed by atoms with Crippen LogP contribution in [0.4, 0.5) is 11.6 Å². The number of nitrogens with one attached hydrogen (secondary N) is 1. The number of piperazine rings is 1. The van der Waals surface area contributed by atoms with Crippen LogP contribution in [-0.4, -0.2) is 69.5 Å². The number of nitrogens with zero attached hydrogens (tertiary/aromatic N) is 7. The van der Waals surface area contributed by atoms with Gasteiger partial charge in [-0.25, -0.2) is 19.9 Å². The minimum Gasteiger partial charge on any atom is -0.381 e. The highest BCUT2D eigenvalue weighted by atomic mass is 16.5. The second-order valence-electron chi connectivity index (χ2n) is 6.99. The van der Waals surface area contributed by atoms with Crippen LogP contribution in [0.25, 0.3) is 11.0 Å². The lowest BCUT2D eigenvalue weighted by Gasteiger charge is -2.36. The summed E-state index contributed by atoms with van der Waals surface area (Å²) in [5, 5.41) is 7.96. The number of rotatable bonds is 3. The van der Waals surface area contributed by atoms with Crippen molar-refractivity contribution in [2.24, 2.45) is 0 Å². The monoisotopic (exact) mass is 366 g/mol. The molecule has 0 aliphatic carbocycles. The Morgan fingerprint density at radius 2 is 1.70 bits per heavy atom. The normalized spacial score (nSPS) is 19.0. The maximum Gasteiger partial charge on any atom is 0.160 e. The van der Waals surface area contributed by atoms with Crippen molar-refractivity contribution < 1.29 is 4.74 Å². The summed E-state index contributed by atoms with van der Waals surface area (Å²) in [6.07, 6.45) is 7.16. The first-order valence-corrected chi connectivity index (χ1v) is 9.42. The van der Waals surface area contributed by atoms with E-state index in [4.69, 9.17) is 4.74 Å². The molecule has 2 aliphatic rings. The molecule has 0 atom stereocenters. The van der Waals surface area contributed by atoms with Gasteiger partial charge in [-0.2, -0.15) is 5.10 Å². The van der Waals surface area contributed by atoms with Gasteiger partial charge in [0, 0.05) is 57.1 Å². The largest absolute Gasteiger partial charge is 0.381 e. The van der Waals surface area contributed by atoms with Gasteiger partial charge in [0.05, 0.1) is 11.6 Å². The third kappa shape index (κ3) is 3.18. The predicted molar refractivity (Wildman–Crippen MR) is 101 cm³/mol. The highest BCUT2D eigenvalue weighted by Crippen LogP contribution is 2.28. The van der Waals surface area contributed by atoms with Crippen LogP contribution in [0, 0.1) is 0 Å². The van der Waals surface area contributed by atoms with E-state index in [0.717, 1.165) is 80.6 Å². The Balaban J connectivity index is 1.30. The summed E-state index contributed by atoms with van der Waals surface area (Å²) in [7, 11) is 0. The molecule has 5 heterocycles. The van der Waals surface area contributed by atoms with Crippen molar-refractivity contribution in [2.75, 3.05) is 49.2 Å². The lowest BCUT2D eigenvalue weighted by Crippen LogP contribution is -2.47. The molecule has 5 rings (SSSR count). The Morgan fingerprint density at radius 1 is 0.926 bits per heavy atom. The zero-order valence-electron chi connectivity index (χ0n) is 15.1. The number of H-pyrrole nitrogens is 1. The van der Waals surface area contributed by atoms with Crippen LogP contribution in [0.1, 0.15) is 24.5 Å². The van der Waals surface area contributed by atoms with Gasteiger partial charge in [0.1, 0.15) is 24.3 Å². The Bertz CT molecular complexity index is 914. The molecular weight excluding hydrogens is 344 g/mol. The fourth-order valence-corrected chi connectivity index (χ4v) is 3.90. The molecule has 2 saturated heterocycles. The summed E-state index contributed by atoms with van der Waals surface area (Å²) in [6, 6.07) is 2.16. The fraction of sp³-hybridized carbons (Fsp3) is 0.500. The van der Waals surface area contributed by atoms with Crippen LogP contribution < -0.4 is 9.80 Å². The van der Waals surface area contributed by atoms with Crippen LogP contribution >= 0.6 is 0 Å². The van der Waals surface area contributed by atoms with Gasteiger partial charge in [-0.1, -0.05) is 0 Å². The van der Waals surface area contributed by atoms with Gasteiger partial charge >= 0.3 is 0 Å². The summed E-state index contributed by atoms with van der Waals surface area (Å²) >= 11 is 0. The van der Waals surface area contributed by atoms with Gasteiger partial charge in [0.2, 0.25) is 0 Å². The van der Waals surface area contributed by atoms with E-state index in [1.165, 1.54) is 0 Å². The van der Waals surface area contributed by atoms with Gasteiger partial charge < -0.3 is 14.5 Å². The maximum absolute atomic E-state index is 5.47. The number of fused-ring (bicyclic) bond motifs is 1. The molecule has 9 nitrogen and oxygen atoms in total. The van der Waals surface area contributed by atoms with E-state index in [-0.39, 0.29) is 0 Å². The highest BCUT2D eigenvalue weighted by Gasteiger charge is 2.23. The van der Waals surface area contributed by atoms with Crippen molar-refractivity contribution in [3.63, 3.8) is 0 Å². The molecule has 0 spiro atoms.